The Balaban J connectivity index is 2.16. The summed E-state index contributed by atoms with van der Waals surface area (Å²) in [4.78, 5) is 0. The van der Waals surface area contributed by atoms with E-state index in [-0.39, 0.29) is 5.56 Å². The van der Waals surface area contributed by atoms with Crippen molar-refractivity contribution in [2.75, 3.05) is 5.43 Å². The van der Waals surface area contributed by atoms with Gasteiger partial charge in [0.25, 0.3) is 0 Å². The van der Waals surface area contributed by atoms with Gasteiger partial charge in [-0.3, -0.25) is 5.43 Å². The van der Waals surface area contributed by atoms with Gasteiger partial charge >= 0.3 is 6.18 Å². The molecule has 0 atom stereocenters. The number of nitrogens with zero attached hydrogens (tertiary/aromatic N) is 1. The van der Waals surface area contributed by atoms with Crippen LogP contribution in [0.2, 0.25) is 5.02 Å². The predicted molar refractivity (Wildman–Crippen MR) is 74.1 cm³/mol. The molecule has 0 aliphatic heterocycles. The highest BCUT2D eigenvalue weighted by Crippen LogP contribution is 2.31. The van der Waals surface area contributed by atoms with Gasteiger partial charge in [0.15, 0.2) is 0 Å². The maximum absolute atomic E-state index is 12.8. The van der Waals surface area contributed by atoms with Crippen molar-refractivity contribution in [1.29, 1.82) is 0 Å². The lowest BCUT2D eigenvalue weighted by Crippen LogP contribution is -2.08. The minimum Gasteiger partial charge on any atom is -0.278 e. The number of alkyl halides is 3. The molecule has 20 heavy (non-hydrogen) atoms. The number of hydrogen-bond donors (Lipinski definition) is 1. The van der Waals surface area contributed by atoms with E-state index in [2.05, 4.69) is 10.5 Å². The van der Waals surface area contributed by atoms with Gasteiger partial charge in [-0.25, -0.2) is 0 Å². The predicted octanol–water partition coefficient (Wildman–Crippen LogP) is 4.80. The van der Waals surface area contributed by atoms with Gasteiger partial charge in [-0.1, -0.05) is 35.9 Å². The Morgan fingerprint density at radius 2 is 1.80 bits per heavy atom. The summed E-state index contributed by atoms with van der Waals surface area (Å²) in [6, 6.07) is 12.0. The SMILES string of the molecule is FC(F)(F)c1ccccc1/C=N/Nc1cccc(Cl)c1. The minimum absolute atomic E-state index is 0.00507. The number of hydrogen-bond acceptors (Lipinski definition) is 2. The fraction of sp³-hybridized carbons (Fsp3) is 0.0714. The Bertz CT molecular complexity index is 624. The van der Waals surface area contributed by atoms with Crippen LogP contribution in [0.3, 0.4) is 0 Å². The quantitative estimate of drug-likeness (QED) is 0.638. The molecule has 2 rings (SSSR count). The van der Waals surface area contributed by atoms with Crippen molar-refractivity contribution in [2.24, 2.45) is 5.10 Å². The second-order valence-corrected chi connectivity index (χ2v) is 4.40. The number of hydrazone groups is 1. The smallest absolute Gasteiger partial charge is 0.278 e. The molecule has 0 aliphatic carbocycles. The molecule has 2 nitrogen and oxygen atoms in total. The lowest BCUT2D eigenvalue weighted by molar-refractivity contribution is -0.137. The topological polar surface area (TPSA) is 24.4 Å². The molecule has 0 unspecified atom stereocenters. The molecule has 0 spiro atoms. The second-order valence-electron chi connectivity index (χ2n) is 3.97. The van der Waals surface area contributed by atoms with Crippen LogP contribution in [0, 0.1) is 0 Å². The molecule has 104 valence electrons. The number of nitrogens with one attached hydrogen (secondary N) is 1. The monoisotopic (exact) mass is 298 g/mol. The van der Waals surface area contributed by atoms with E-state index >= 15 is 0 Å². The molecule has 2 aromatic carbocycles. The fourth-order valence-corrected chi connectivity index (χ4v) is 1.79. The van der Waals surface area contributed by atoms with Gasteiger partial charge in [-0.2, -0.15) is 18.3 Å². The molecule has 0 aromatic heterocycles. The normalized spacial score (nSPS) is 11.8. The Hall–Kier alpha value is -2.01. The minimum atomic E-state index is -4.40. The molecule has 2 aromatic rings. The summed E-state index contributed by atoms with van der Waals surface area (Å²) in [5, 5.41) is 4.31. The van der Waals surface area contributed by atoms with E-state index in [1.807, 2.05) is 0 Å². The summed E-state index contributed by atoms with van der Waals surface area (Å²) in [5.74, 6) is 0. The van der Waals surface area contributed by atoms with Gasteiger partial charge in [-0.05, 0) is 24.3 Å². The van der Waals surface area contributed by atoms with Crippen molar-refractivity contribution in [3.63, 3.8) is 0 Å². The maximum atomic E-state index is 12.8. The van der Waals surface area contributed by atoms with Gasteiger partial charge in [0, 0.05) is 10.6 Å². The van der Waals surface area contributed by atoms with Crippen LogP contribution in [0.1, 0.15) is 11.1 Å². The highest BCUT2D eigenvalue weighted by atomic mass is 35.5. The van der Waals surface area contributed by atoms with E-state index in [0.717, 1.165) is 12.3 Å². The molecule has 0 bridgehead atoms. The first-order chi connectivity index (χ1) is 9.47. The van der Waals surface area contributed by atoms with Crippen LogP contribution < -0.4 is 5.43 Å². The van der Waals surface area contributed by atoms with Crippen LogP contribution in [0.4, 0.5) is 18.9 Å². The van der Waals surface area contributed by atoms with Gasteiger partial charge in [0.2, 0.25) is 0 Å². The van der Waals surface area contributed by atoms with Crippen LogP contribution in [-0.4, -0.2) is 6.21 Å². The van der Waals surface area contributed by atoms with Crippen molar-refractivity contribution in [1.82, 2.24) is 0 Å². The fourth-order valence-electron chi connectivity index (χ4n) is 1.60. The molecule has 0 fully saturated rings. The van der Waals surface area contributed by atoms with Crippen molar-refractivity contribution in [3.05, 3.63) is 64.7 Å². The molecule has 6 heteroatoms. The van der Waals surface area contributed by atoms with E-state index < -0.39 is 11.7 Å². The molecule has 0 heterocycles. The Labute approximate surface area is 118 Å². The first-order valence-corrected chi connectivity index (χ1v) is 6.05. The van der Waals surface area contributed by atoms with Crippen molar-refractivity contribution >= 4 is 23.5 Å². The zero-order chi connectivity index (χ0) is 14.6. The van der Waals surface area contributed by atoms with E-state index in [0.29, 0.717) is 10.7 Å². The average Bonchev–Trinajstić information content (AvgIpc) is 2.38. The molecule has 0 radical (unpaired) electrons. The van der Waals surface area contributed by atoms with Crippen molar-refractivity contribution in [2.45, 2.75) is 6.18 Å². The third kappa shape index (κ3) is 3.74. The Morgan fingerprint density at radius 3 is 2.50 bits per heavy atom. The van der Waals surface area contributed by atoms with Crippen LogP contribution in [0.25, 0.3) is 0 Å². The molecule has 0 aliphatic rings. The standard InChI is InChI=1S/C14H10ClF3N2/c15-11-5-3-6-12(8-11)20-19-9-10-4-1-2-7-13(10)14(16,17)18/h1-9,20H/b19-9+. The summed E-state index contributed by atoms with van der Waals surface area (Å²) in [5.41, 5.74) is 2.50. The van der Waals surface area contributed by atoms with E-state index in [1.165, 1.54) is 18.2 Å². The van der Waals surface area contributed by atoms with E-state index in [1.54, 1.807) is 24.3 Å². The van der Waals surface area contributed by atoms with Crippen LogP contribution >= 0.6 is 11.6 Å². The highest BCUT2D eigenvalue weighted by Gasteiger charge is 2.32. The lowest BCUT2D eigenvalue weighted by atomic mass is 10.1. The Morgan fingerprint density at radius 1 is 1.05 bits per heavy atom. The molecule has 1 N–H and O–H groups in total. The summed E-state index contributed by atoms with van der Waals surface area (Å²) in [7, 11) is 0. The first-order valence-electron chi connectivity index (χ1n) is 5.68. The third-order valence-corrected chi connectivity index (χ3v) is 2.72. The molecular formula is C14H10ClF3N2. The van der Waals surface area contributed by atoms with Crippen molar-refractivity contribution in [3.8, 4) is 0 Å². The second kappa shape index (κ2) is 5.96. The summed E-state index contributed by atoms with van der Waals surface area (Å²) in [6.07, 6.45) is -3.28. The number of rotatable bonds is 3. The highest BCUT2D eigenvalue weighted by molar-refractivity contribution is 6.30. The number of benzene rings is 2. The van der Waals surface area contributed by atoms with E-state index in [4.69, 9.17) is 11.6 Å². The summed E-state index contributed by atoms with van der Waals surface area (Å²) >= 11 is 5.79. The first kappa shape index (κ1) is 14.4. The summed E-state index contributed by atoms with van der Waals surface area (Å²) < 4.78 is 38.3. The van der Waals surface area contributed by atoms with Crippen LogP contribution in [0.15, 0.2) is 53.6 Å². The van der Waals surface area contributed by atoms with Gasteiger partial charge in [0.1, 0.15) is 0 Å². The Kier molecular flexibility index (Phi) is 4.29. The lowest BCUT2D eigenvalue weighted by Gasteiger charge is -2.09. The van der Waals surface area contributed by atoms with Gasteiger partial charge in [-0.15, -0.1) is 0 Å². The van der Waals surface area contributed by atoms with Crippen LogP contribution in [0.5, 0.6) is 0 Å². The van der Waals surface area contributed by atoms with Gasteiger partial charge in [0.05, 0.1) is 17.5 Å². The molecular weight excluding hydrogens is 289 g/mol. The largest absolute Gasteiger partial charge is 0.417 e. The van der Waals surface area contributed by atoms with E-state index in [9.17, 15) is 13.2 Å². The molecule has 0 saturated carbocycles. The molecule has 0 saturated heterocycles. The summed E-state index contributed by atoms with van der Waals surface area (Å²) in [6.45, 7) is 0. The third-order valence-electron chi connectivity index (χ3n) is 2.49. The van der Waals surface area contributed by atoms with Crippen molar-refractivity contribution < 1.29 is 13.2 Å². The van der Waals surface area contributed by atoms with Gasteiger partial charge < -0.3 is 0 Å². The zero-order valence-corrected chi connectivity index (χ0v) is 10.9. The zero-order valence-electron chi connectivity index (χ0n) is 10.2. The maximum Gasteiger partial charge on any atom is 0.417 e. The van der Waals surface area contributed by atoms with Crippen LogP contribution in [-0.2, 0) is 6.18 Å². The number of anilines is 1. The molecule has 0 amide bonds. The average molecular weight is 299 g/mol. The number of halogens is 4.